The first kappa shape index (κ1) is 11.0. The molecule has 5 heteroatoms. The van der Waals surface area contributed by atoms with E-state index in [9.17, 15) is 0 Å². The minimum absolute atomic E-state index is 0.227. The second kappa shape index (κ2) is 5.03. The van der Waals surface area contributed by atoms with Gasteiger partial charge < -0.3 is 9.63 Å². The van der Waals surface area contributed by atoms with Crippen molar-refractivity contribution in [2.45, 2.75) is 12.7 Å². The summed E-state index contributed by atoms with van der Waals surface area (Å²) in [6.07, 6.45) is 0. The number of benzene rings is 1. The van der Waals surface area contributed by atoms with Crippen LogP contribution in [0.25, 0.3) is 11.5 Å². The Morgan fingerprint density at radius 1 is 1.31 bits per heavy atom. The zero-order valence-corrected chi connectivity index (χ0v) is 9.70. The van der Waals surface area contributed by atoms with Crippen molar-refractivity contribution in [3.8, 4) is 17.2 Å². The Balaban J connectivity index is 2.15. The third kappa shape index (κ3) is 2.55. The van der Waals surface area contributed by atoms with Crippen LogP contribution in [0.2, 0.25) is 0 Å². The molecule has 1 aromatic heterocycles. The molecule has 2 aromatic rings. The Morgan fingerprint density at radius 3 is 2.75 bits per heavy atom. The lowest BCUT2D eigenvalue weighted by Crippen LogP contribution is -1.84. The fourth-order valence-electron chi connectivity index (χ4n) is 1.23. The van der Waals surface area contributed by atoms with Gasteiger partial charge in [-0.25, -0.2) is 0 Å². The summed E-state index contributed by atoms with van der Waals surface area (Å²) in [6.45, 7) is 2.09. The van der Waals surface area contributed by atoms with Gasteiger partial charge in [0.05, 0.1) is 5.75 Å². The number of phenols is 1. The number of hydrogen-bond acceptors (Lipinski definition) is 5. The smallest absolute Gasteiger partial charge is 0.257 e. The lowest BCUT2D eigenvalue weighted by molar-refractivity contribution is 0.425. The molecule has 0 aliphatic heterocycles. The Kier molecular flexibility index (Phi) is 3.46. The van der Waals surface area contributed by atoms with E-state index in [0.717, 1.165) is 17.1 Å². The molecule has 1 N–H and O–H groups in total. The fraction of sp³-hybridized carbons (Fsp3) is 0.273. The number of nitrogens with zero attached hydrogens (tertiary/aromatic N) is 2. The normalized spacial score (nSPS) is 10.6. The van der Waals surface area contributed by atoms with Crippen LogP contribution in [-0.4, -0.2) is 21.0 Å². The highest BCUT2D eigenvalue weighted by Gasteiger charge is 2.08. The van der Waals surface area contributed by atoms with Crippen molar-refractivity contribution in [1.82, 2.24) is 10.1 Å². The highest BCUT2D eigenvalue weighted by molar-refractivity contribution is 7.98. The molecule has 0 bridgehead atoms. The number of aromatic hydroxyl groups is 1. The number of phenolic OH excluding ortho intramolecular Hbond substituents is 1. The minimum atomic E-state index is 0.227. The van der Waals surface area contributed by atoms with Crippen LogP contribution in [0.1, 0.15) is 12.7 Å². The van der Waals surface area contributed by atoms with Crippen molar-refractivity contribution in [1.29, 1.82) is 0 Å². The van der Waals surface area contributed by atoms with Crippen LogP contribution in [0.5, 0.6) is 5.75 Å². The molecular formula is C11H12N2O2S. The number of aromatic nitrogens is 2. The fourth-order valence-corrected chi connectivity index (χ4v) is 1.73. The topological polar surface area (TPSA) is 59.2 Å². The molecular weight excluding hydrogens is 224 g/mol. The first-order chi connectivity index (χ1) is 7.79. The number of thioether (sulfide) groups is 1. The lowest BCUT2D eigenvalue weighted by atomic mass is 10.2. The molecule has 0 aliphatic rings. The molecule has 0 amide bonds. The maximum Gasteiger partial charge on any atom is 0.257 e. The van der Waals surface area contributed by atoms with E-state index in [2.05, 4.69) is 17.1 Å². The van der Waals surface area contributed by atoms with E-state index in [1.54, 1.807) is 36.0 Å². The predicted molar refractivity (Wildman–Crippen MR) is 63.2 cm³/mol. The molecule has 0 saturated carbocycles. The Morgan fingerprint density at radius 2 is 2.06 bits per heavy atom. The van der Waals surface area contributed by atoms with E-state index >= 15 is 0 Å². The van der Waals surface area contributed by atoms with Crippen LogP contribution in [-0.2, 0) is 5.75 Å². The largest absolute Gasteiger partial charge is 0.508 e. The van der Waals surface area contributed by atoms with Gasteiger partial charge in [0.2, 0.25) is 0 Å². The molecule has 1 heterocycles. The predicted octanol–water partition coefficient (Wildman–Crippen LogP) is 2.70. The maximum absolute atomic E-state index is 9.15. The summed E-state index contributed by atoms with van der Waals surface area (Å²) >= 11 is 1.75. The molecule has 0 aliphatic carbocycles. The van der Waals surface area contributed by atoms with Gasteiger partial charge in [0.25, 0.3) is 5.89 Å². The molecule has 0 fully saturated rings. The summed E-state index contributed by atoms with van der Waals surface area (Å²) in [7, 11) is 0. The van der Waals surface area contributed by atoms with E-state index in [0.29, 0.717) is 11.7 Å². The molecule has 0 radical (unpaired) electrons. The monoisotopic (exact) mass is 236 g/mol. The SMILES string of the molecule is CCSCc1noc(-c2ccc(O)cc2)n1. The standard InChI is InChI=1S/C11H12N2O2S/c1-2-16-7-10-12-11(15-13-10)8-3-5-9(14)6-4-8/h3-6,14H,2,7H2,1H3. The van der Waals surface area contributed by atoms with Crippen LogP contribution in [0, 0.1) is 0 Å². The summed E-state index contributed by atoms with van der Waals surface area (Å²) in [5.74, 6) is 3.22. The van der Waals surface area contributed by atoms with Crippen LogP contribution in [0.4, 0.5) is 0 Å². The molecule has 4 nitrogen and oxygen atoms in total. The van der Waals surface area contributed by atoms with Gasteiger partial charge >= 0.3 is 0 Å². The molecule has 2 rings (SSSR count). The summed E-state index contributed by atoms with van der Waals surface area (Å²) in [5, 5.41) is 13.0. The van der Waals surface area contributed by atoms with Gasteiger partial charge in [-0.15, -0.1) is 0 Å². The highest BCUT2D eigenvalue weighted by atomic mass is 32.2. The van der Waals surface area contributed by atoms with Gasteiger partial charge in [0.1, 0.15) is 5.75 Å². The van der Waals surface area contributed by atoms with E-state index in [-0.39, 0.29) is 5.75 Å². The van der Waals surface area contributed by atoms with Crippen molar-refractivity contribution in [2.75, 3.05) is 5.75 Å². The Hall–Kier alpha value is -1.49. The second-order valence-electron chi connectivity index (χ2n) is 3.20. The van der Waals surface area contributed by atoms with Crippen LogP contribution in [0.15, 0.2) is 28.8 Å². The van der Waals surface area contributed by atoms with Crippen molar-refractivity contribution in [3.63, 3.8) is 0 Å². The van der Waals surface area contributed by atoms with Crippen LogP contribution >= 0.6 is 11.8 Å². The summed E-state index contributed by atoms with van der Waals surface area (Å²) in [4.78, 5) is 4.27. The third-order valence-electron chi connectivity index (χ3n) is 2.02. The second-order valence-corrected chi connectivity index (χ2v) is 4.47. The van der Waals surface area contributed by atoms with Crippen LogP contribution < -0.4 is 0 Å². The zero-order valence-electron chi connectivity index (χ0n) is 8.88. The van der Waals surface area contributed by atoms with Gasteiger partial charge in [-0.05, 0) is 30.0 Å². The van der Waals surface area contributed by atoms with Gasteiger partial charge in [-0.1, -0.05) is 12.1 Å². The average Bonchev–Trinajstić information content (AvgIpc) is 2.76. The Bertz CT molecular complexity index is 453. The third-order valence-corrected chi connectivity index (χ3v) is 2.89. The molecule has 84 valence electrons. The average molecular weight is 236 g/mol. The summed E-state index contributed by atoms with van der Waals surface area (Å²) < 4.78 is 5.13. The van der Waals surface area contributed by atoms with Crippen molar-refractivity contribution < 1.29 is 9.63 Å². The van der Waals surface area contributed by atoms with Gasteiger partial charge in [0, 0.05) is 5.56 Å². The van der Waals surface area contributed by atoms with Gasteiger partial charge in [-0.2, -0.15) is 16.7 Å². The Labute approximate surface area is 97.7 Å². The lowest BCUT2D eigenvalue weighted by Gasteiger charge is -1.93. The highest BCUT2D eigenvalue weighted by Crippen LogP contribution is 2.20. The summed E-state index contributed by atoms with van der Waals surface area (Å²) in [5.41, 5.74) is 0.818. The minimum Gasteiger partial charge on any atom is -0.508 e. The van der Waals surface area contributed by atoms with E-state index in [1.165, 1.54) is 0 Å². The number of rotatable bonds is 4. The zero-order chi connectivity index (χ0) is 11.4. The molecule has 0 saturated heterocycles. The van der Waals surface area contributed by atoms with E-state index < -0.39 is 0 Å². The van der Waals surface area contributed by atoms with Crippen molar-refractivity contribution in [2.24, 2.45) is 0 Å². The van der Waals surface area contributed by atoms with Gasteiger partial charge in [0.15, 0.2) is 5.82 Å². The van der Waals surface area contributed by atoms with E-state index in [4.69, 9.17) is 9.63 Å². The van der Waals surface area contributed by atoms with E-state index in [1.807, 2.05) is 0 Å². The van der Waals surface area contributed by atoms with Crippen molar-refractivity contribution in [3.05, 3.63) is 30.1 Å². The van der Waals surface area contributed by atoms with Crippen LogP contribution in [0.3, 0.4) is 0 Å². The summed E-state index contributed by atoms with van der Waals surface area (Å²) in [6, 6.07) is 6.69. The molecule has 0 unspecified atom stereocenters. The molecule has 0 spiro atoms. The quantitative estimate of drug-likeness (QED) is 0.884. The number of hydrogen-bond donors (Lipinski definition) is 1. The molecule has 1 aromatic carbocycles. The molecule has 0 atom stereocenters. The molecule has 16 heavy (non-hydrogen) atoms. The maximum atomic E-state index is 9.15. The van der Waals surface area contributed by atoms with Crippen molar-refractivity contribution >= 4 is 11.8 Å². The van der Waals surface area contributed by atoms with Gasteiger partial charge in [-0.3, -0.25) is 0 Å². The first-order valence-corrected chi connectivity index (χ1v) is 6.15. The first-order valence-electron chi connectivity index (χ1n) is 4.99.